The van der Waals surface area contributed by atoms with Gasteiger partial charge in [-0.3, -0.25) is 9.59 Å². The zero-order valence-corrected chi connectivity index (χ0v) is 45.9. The van der Waals surface area contributed by atoms with Crippen molar-refractivity contribution in [1.82, 2.24) is 5.32 Å². The van der Waals surface area contributed by atoms with Gasteiger partial charge in [0.2, 0.25) is 5.91 Å². The molecule has 0 saturated heterocycles. The van der Waals surface area contributed by atoms with Crippen molar-refractivity contribution in [3.8, 4) is 0 Å². The van der Waals surface area contributed by atoms with Crippen LogP contribution in [0.1, 0.15) is 335 Å². The number of ether oxygens (including phenoxy) is 1. The molecule has 6 heteroatoms. The summed E-state index contributed by atoms with van der Waals surface area (Å²) in [6.45, 7) is 4.90. The van der Waals surface area contributed by atoms with Crippen molar-refractivity contribution in [3.63, 3.8) is 0 Å². The van der Waals surface area contributed by atoms with Crippen molar-refractivity contribution in [2.75, 3.05) is 13.2 Å². The van der Waals surface area contributed by atoms with Crippen molar-refractivity contribution < 1.29 is 24.5 Å². The summed E-state index contributed by atoms with van der Waals surface area (Å²) in [5.74, 6) is -0.0292. The number of rotatable bonds is 57. The van der Waals surface area contributed by atoms with E-state index in [0.29, 0.717) is 25.9 Å². The van der Waals surface area contributed by atoms with Gasteiger partial charge < -0.3 is 20.3 Å². The number of allylic oxidation sites excluding steroid dienone is 4. The quantitative estimate of drug-likeness (QED) is 0.0321. The molecule has 0 aliphatic carbocycles. The maximum absolute atomic E-state index is 12.4. The first kappa shape index (κ1) is 66.3. The van der Waals surface area contributed by atoms with Gasteiger partial charge in [-0.2, -0.15) is 0 Å². The van der Waals surface area contributed by atoms with E-state index in [-0.39, 0.29) is 18.5 Å². The van der Waals surface area contributed by atoms with E-state index in [4.69, 9.17) is 4.74 Å². The minimum atomic E-state index is -0.659. The molecule has 0 fully saturated rings. The normalized spacial score (nSPS) is 12.7. The molecule has 0 spiro atoms. The molecule has 0 aliphatic heterocycles. The highest BCUT2D eigenvalue weighted by Gasteiger charge is 2.20. The second-order valence-electron chi connectivity index (χ2n) is 21.0. The molecule has 2 unspecified atom stereocenters. The number of aliphatic hydroxyl groups excluding tert-OH is 2. The topological polar surface area (TPSA) is 95.9 Å². The van der Waals surface area contributed by atoms with Crippen LogP contribution < -0.4 is 5.32 Å². The van der Waals surface area contributed by atoms with Crippen LogP contribution in [0.2, 0.25) is 0 Å². The van der Waals surface area contributed by atoms with E-state index in [2.05, 4.69) is 43.5 Å². The molecule has 1 amide bonds. The van der Waals surface area contributed by atoms with Gasteiger partial charge in [-0.15, -0.1) is 0 Å². The summed E-state index contributed by atoms with van der Waals surface area (Å²) in [7, 11) is 0. The Kier molecular flexibility index (Phi) is 56.5. The Morgan fingerprint density at radius 3 is 1.16 bits per heavy atom. The molecule has 0 saturated carbocycles. The molecular weight excluding hydrogens is 839 g/mol. The summed E-state index contributed by atoms with van der Waals surface area (Å²) in [6.07, 6.45) is 70.6. The Bertz CT molecular complexity index is 1060. The van der Waals surface area contributed by atoms with Crippen molar-refractivity contribution in [2.45, 2.75) is 347 Å². The van der Waals surface area contributed by atoms with Crippen LogP contribution >= 0.6 is 0 Å². The Hall–Kier alpha value is -1.66. The van der Waals surface area contributed by atoms with Gasteiger partial charge in [0, 0.05) is 12.8 Å². The average molecular weight is 959 g/mol. The monoisotopic (exact) mass is 958 g/mol. The SMILES string of the molecule is CCCC/C=C\C/C=C\CCCCCCCC(=O)OCCCCCCCCCCCCCCCCCCCCCCCCCCCCCCC(=O)NC(CO)C(O)CCCCCCCCCCC. The number of carbonyl (C=O) groups is 2. The molecule has 0 aromatic rings. The predicted molar refractivity (Wildman–Crippen MR) is 296 cm³/mol. The summed E-state index contributed by atoms with van der Waals surface area (Å²) < 4.78 is 5.48. The minimum Gasteiger partial charge on any atom is -0.466 e. The summed E-state index contributed by atoms with van der Waals surface area (Å²) in [6, 6.07) is -0.536. The van der Waals surface area contributed by atoms with Gasteiger partial charge in [-0.05, 0) is 51.4 Å². The van der Waals surface area contributed by atoms with Gasteiger partial charge >= 0.3 is 5.97 Å². The first-order valence-electron chi connectivity index (χ1n) is 30.6. The number of unbranched alkanes of at least 4 members (excludes halogenated alkanes) is 42. The third-order valence-corrected chi connectivity index (χ3v) is 14.3. The van der Waals surface area contributed by atoms with Gasteiger partial charge in [0.1, 0.15) is 0 Å². The molecule has 0 heterocycles. The minimum absolute atomic E-state index is 0.00415. The molecular formula is C62H119NO5. The van der Waals surface area contributed by atoms with Crippen LogP contribution in [0.25, 0.3) is 0 Å². The van der Waals surface area contributed by atoms with E-state index >= 15 is 0 Å². The number of amides is 1. The molecule has 0 aliphatic rings. The number of aliphatic hydroxyl groups is 2. The first-order chi connectivity index (χ1) is 33.5. The van der Waals surface area contributed by atoms with Crippen LogP contribution in [-0.4, -0.2) is 47.4 Å². The van der Waals surface area contributed by atoms with Crippen LogP contribution in [-0.2, 0) is 14.3 Å². The van der Waals surface area contributed by atoms with E-state index in [1.807, 2.05) is 0 Å². The molecule has 68 heavy (non-hydrogen) atoms. The second kappa shape index (κ2) is 57.9. The van der Waals surface area contributed by atoms with Crippen LogP contribution in [0.3, 0.4) is 0 Å². The number of carbonyl (C=O) groups excluding carboxylic acids is 2. The fourth-order valence-electron chi connectivity index (χ4n) is 9.54. The average Bonchev–Trinajstić information content (AvgIpc) is 3.34. The number of esters is 1. The highest BCUT2D eigenvalue weighted by Crippen LogP contribution is 2.18. The van der Waals surface area contributed by atoms with Gasteiger partial charge in [0.15, 0.2) is 0 Å². The maximum Gasteiger partial charge on any atom is 0.305 e. The Morgan fingerprint density at radius 2 is 0.750 bits per heavy atom. The van der Waals surface area contributed by atoms with Crippen molar-refractivity contribution >= 4 is 11.9 Å². The Morgan fingerprint density at radius 1 is 0.412 bits per heavy atom. The van der Waals surface area contributed by atoms with E-state index in [0.717, 1.165) is 51.4 Å². The number of hydrogen-bond donors (Lipinski definition) is 3. The fourth-order valence-corrected chi connectivity index (χ4v) is 9.54. The van der Waals surface area contributed by atoms with E-state index in [1.54, 1.807) is 0 Å². The van der Waals surface area contributed by atoms with Gasteiger partial charge in [-0.25, -0.2) is 0 Å². The van der Waals surface area contributed by atoms with Gasteiger partial charge in [-0.1, -0.05) is 295 Å². The molecule has 402 valence electrons. The molecule has 0 bridgehead atoms. The largest absolute Gasteiger partial charge is 0.466 e. The third-order valence-electron chi connectivity index (χ3n) is 14.3. The smallest absolute Gasteiger partial charge is 0.305 e. The van der Waals surface area contributed by atoms with E-state index < -0.39 is 12.1 Å². The summed E-state index contributed by atoms with van der Waals surface area (Å²) >= 11 is 0. The standard InChI is InChI=1S/C62H119NO5/c1-3-5-7-9-11-13-14-15-33-36-40-44-48-52-56-62(67)68-57-53-49-45-41-37-34-31-29-27-25-23-21-19-17-16-18-20-22-24-26-28-30-32-35-39-43-47-51-55-61(66)63-59(58-64)60(65)54-50-46-42-38-12-10-8-6-4-2/h9,11,14-15,59-60,64-65H,3-8,10,12-13,16-58H2,1-2H3,(H,63,66)/b11-9-,15-14-. The summed E-state index contributed by atoms with van der Waals surface area (Å²) in [4.78, 5) is 24.4. The lowest BCUT2D eigenvalue weighted by Gasteiger charge is -2.22. The van der Waals surface area contributed by atoms with E-state index in [1.165, 1.54) is 250 Å². The fraction of sp³-hybridized carbons (Fsp3) is 0.903. The second-order valence-corrected chi connectivity index (χ2v) is 21.0. The molecule has 0 rings (SSSR count). The highest BCUT2D eigenvalue weighted by molar-refractivity contribution is 5.76. The Labute approximate surface area is 424 Å². The summed E-state index contributed by atoms with van der Waals surface area (Å²) in [5.41, 5.74) is 0. The van der Waals surface area contributed by atoms with Crippen molar-refractivity contribution in [1.29, 1.82) is 0 Å². The lowest BCUT2D eigenvalue weighted by molar-refractivity contribution is -0.143. The van der Waals surface area contributed by atoms with Crippen LogP contribution in [0.4, 0.5) is 0 Å². The molecule has 3 N–H and O–H groups in total. The third kappa shape index (κ3) is 53.7. The summed E-state index contributed by atoms with van der Waals surface area (Å²) in [5, 5.41) is 23.1. The number of nitrogens with one attached hydrogen (secondary N) is 1. The van der Waals surface area contributed by atoms with E-state index in [9.17, 15) is 19.8 Å². The maximum atomic E-state index is 12.4. The van der Waals surface area contributed by atoms with Gasteiger partial charge in [0.25, 0.3) is 0 Å². The first-order valence-corrected chi connectivity index (χ1v) is 30.6. The molecule has 0 radical (unpaired) electrons. The lowest BCUT2D eigenvalue weighted by atomic mass is 10.0. The Balaban J connectivity index is 3.31. The van der Waals surface area contributed by atoms with Crippen molar-refractivity contribution in [3.05, 3.63) is 24.3 Å². The zero-order chi connectivity index (χ0) is 49.3. The highest BCUT2D eigenvalue weighted by atomic mass is 16.5. The van der Waals surface area contributed by atoms with Crippen molar-refractivity contribution in [2.24, 2.45) is 0 Å². The van der Waals surface area contributed by atoms with Crippen LogP contribution in [0.5, 0.6) is 0 Å². The zero-order valence-electron chi connectivity index (χ0n) is 45.9. The molecule has 0 aromatic heterocycles. The van der Waals surface area contributed by atoms with Gasteiger partial charge in [0.05, 0.1) is 25.4 Å². The molecule has 6 nitrogen and oxygen atoms in total. The number of hydrogen-bond acceptors (Lipinski definition) is 5. The van der Waals surface area contributed by atoms with Crippen LogP contribution in [0, 0.1) is 0 Å². The lowest BCUT2D eigenvalue weighted by Crippen LogP contribution is -2.45. The molecule has 0 aromatic carbocycles. The molecule has 2 atom stereocenters. The predicted octanol–water partition coefficient (Wildman–Crippen LogP) is 19.0. The van der Waals surface area contributed by atoms with Crippen LogP contribution in [0.15, 0.2) is 24.3 Å².